The monoisotopic (exact) mass is 464 g/mol. The van der Waals surface area contributed by atoms with Gasteiger partial charge in [-0.2, -0.15) is 5.10 Å². The highest BCUT2D eigenvalue weighted by atomic mass is 35.5. The molecule has 0 bridgehead atoms. The minimum atomic E-state index is -0.440. The van der Waals surface area contributed by atoms with Gasteiger partial charge in [0.2, 0.25) is 5.88 Å². The second-order valence-electron chi connectivity index (χ2n) is 7.68. The summed E-state index contributed by atoms with van der Waals surface area (Å²) >= 11 is 12.3. The lowest BCUT2D eigenvalue weighted by Gasteiger charge is -2.17. The summed E-state index contributed by atoms with van der Waals surface area (Å²) in [6.45, 7) is 5.85. The van der Waals surface area contributed by atoms with E-state index in [2.05, 4.69) is 0 Å². The minimum Gasteiger partial charge on any atom is -0.403 e. The summed E-state index contributed by atoms with van der Waals surface area (Å²) in [5.74, 6) is -0.0532. The van der Waals surface area contributed by atoms with Crippen LogP contribution < -0.4 is 4.74 Å². The molecule has 1 unspecified atom stereocenters. The Morgan fingerprint density at radius 1 is 0.938 bits per heavy atom. The molecular formula is C26H22Cl2N2O2. The summed E-state index contributed by atoms with van der Waals surface area (Å²) in [4.78, 5) is 13.0. The fourth-order valence-electron chi connectivity index (χ4n) is 3.57. The van der Waals surface area contributed by atoms with Crippen LogP contribution >= 0.6 is 23.2 Å². The lowest BCUT2D eigenvalue weighted by molar-refractivity contribution is 0.0717. The zero-order valence-electron chi connectivity index (χ0n) is 18.0. The molecule has 0 aliphatic carbocycles. The largest absolute Gasteiger partial charge is 0.403 e. The number of aromatic nitrogens is 2. The van der Waals surface area contributed by atoms with Crippen molar-refractivity contribution in [1.82, 2.24) is 9.78 Å². The summed E-state index contributed by atoms with van der Waals surface area (Å²) in [5.41, 5.74) is 4.90. The molecule has 1 heterocycles. The number of carbonyl (C=O) groups is 1. The predicted octanol–water partition coefficient (Wildman–Crippen LogP) is 7.30. The average molecular weight is 465 g/mol. The lowest BCUT2D eigenvalue weighted by Crippen LogP contribution is -2.16. The van der Waals surface area contributed by atoms with Crippen molar-refractivity contribution >= 4 is 29.2 Å². The Hall–Kier alpha value is -3.08. The van der Waals surface area contributed by atoms with Crippen LogP contribution in [0, 0.1) is 13.8 Å². The molecule has 1 atom stereocenters. The standard InChI is InChI=1S/C26H22Cl2N2O2/c1-16-9-11-20(12-10-16)26(31)32-25-24(19-7-5-4-6-8-19)17(2)29-30(25)18(3)21-13-14-22(27)23(28)15-21/h4-15,18H,1-3H3. The first-order chi connectivity index (χ1) is 15.3. The Labute approximate surface area is 197 Å². The van der Waals surface area contributed by atoms with Gasteiger partial charge in [-0.25, -0.2) is 9.48 Å². The Kier molecular flexibility index (Phi) is 6.35. The second-order valence-corrected chi connectivity index (χ2v) is 8.50. The third-order valence-electron chi connectivity index (χ3n) is 5.37. The number of halogens is 2. The fraction of sp³-hybridized carbons (Fsp3) is 0.154. The van der Waals surface area contributed by atoms with Gasteiger partial charge in [0.05, 0.1) is 32.9 Å². The van der Waals surface area contributed by atoms with Crippen LogP contribution in [0.5, 0.6) is 5.88 Å². The van der Waals surface area contributed by atoms with Crippen molar-refractivity contribution in [3.8, 4) is 17.0 Å². The zero-order chi connectivity index (χ0) is 22.8. The first-order valence-corrected chi connectivity index (χ1v) is 11.0. The van der Waals surface area contributed by atoms with Crippen molar-refractivity contribution in [2.45, 2.75) is 26.8 Å². The maximum Gasteiger partial charge on any atom is 0.344 e. The van der Waals surface area contributed by atoms with Crippen LogP contribution in [0.4, 0.5) is 0 Å². The molecule has 0 amide bonds. The summed E-state index contributed by atoms with van der Waals surface area (Å²) in [7, 11) is 0. The minimum absolute atomic E-state index is 0.248. The van der Waals surface area contributed by atoms with Crippen molar-refractivity contribution < 1.29 is 9.53 Å². The lowest BCUT2D eigenvalue weighted by atomic mass is 10.1. The molecule has 1 aromatic heterocycles. The van der Waals surface area contributed by atoms with Gasteiger partial charge in [0.15, 0.2) is 0 Å². The van der Waals surface area contributed by atoms with Gasteiger partial charge in [-0.05, 0) is 56.2 Å². The molecular weight excluding hydrogens is 443 g/mol. The van der Waals surface area contributed by atoms with Gasteiger partial charge in [-0.3, -0.25) is 0 Å². The predicted molar refractivity (Wildman–Crippen MR) is 129 cm³/mol. The number of aryl methyl sites for hydroxylation is 2. The van der Waals surface area contributed by atoms with E-state index < -0.39 is 5.97 Å². The quantitative estimate of drug-likeness (QED) is 0.291. The smallest absolute Gasteiger partial charge is 0.344 e. The van der Waals surface area contributed by atoms with Crippen molar-refractivity contribution in [3.05, 3.63) is 105 Å². The third kappa shape index (κ3) is 4.43. The van der Waals surface area contributed by atoms with Gasteiger partial charge >= 0.3 is 5.97 Å². The van der Waals surface area contributed by atoms with Gasteiger partial charge in [0.1, 0.15) is 0 Å². The highest BCUT2D eigenvalue weighted by Crippen LogP contribution is 2.38. The normalized spacial score (nSPS) is 11.9. The molecule has 0 saturated heterocycles. The van der Waals surface area contributed by atoms with Crippen molar-refractivity contribution in [2.75, 3.05) is 0 Å². The molecule has 0 aliphatic heterocycles. The number of rotatable bonds is 5. The molecule has 0 N–H and O–H groups in total. The average Bonchev–Trinajstić information content (AvgIpc) is 3.11. The SMILES string of the molecule is Cc1ccc(C(=O)Oc2c(-c3ccccc3)c(C)nn2C(C)c2ccc(Cl)c(Cl)c2)cc1. The molecule has 162 valence electrons. The molecule has 0 fully saturated rings. The van der Waals surface area contributed by atoms with E-state index in [1.807, 2.05) is 69.3 Å². The van der Waals surface area contributed by atoms with Crippen LogP contribution in [0.2, 0.25) is 10.0 Å². The maximum absolute atomic E-state index is 13.0. The summed E-state index contributed by atoms with van der Waals surface area (Å²) in [6, 6.07) is 22.3. The van der Waals surface area contributed by atoms with E-state index in [9.17, 15) is 4.79 Å². The highest BCUT2D eigenvalue weighted by Gasteiger charge is 2.25. The Morgan fingerprint density at radius 3 is 2.28 bits per heavy atom. The molecule has 0 spiro atoms. The first-order valence-electron chi connectivity index (χ1n) is 10.2. The van der Waals surface area contributed by atoms with E-state index in [4.69, 9.17) is 33.0 Å². The van der Waals surface area contributed by atoms with E-state index in [1.165, 1.54) is 0 Å². The van der Waals surface area contributed by atoms with Crippen molar-refractivity contribution in [2.24, 2.45) is 0 Å². The number of hydrogen-bond acceptors (Lipinski definition) is 3. The number of hydrogen-bond donors (Lipinski definition) is 0. The highest BCUT2D eigenvalue weighted by molar-refractivity contribution is 6.42. The summed E-state index contributed by atoms with van der Waals surface area (Å²) < 4.78 is 7.70. The number of nitrogens with zero attached hydrogens (tertiary/aromatic N) is 2. The molecule has 6 heteroatoms. The van der Waals surface area contributed by atoms with E-state index in [0.717, 1.165) is 27.9 Å². The number of ether oxygens (including phenoxy) is 1. The van der Waals surface area contributed by atoms with Crippen LogP contribution in [-0.4, -0.2) is 15.7 Å². The van der Waals surface area contributed by atoms with Crippen LogP contribution in [0.15, 0.2) is 72.8 Å². The number of benzene rings is 3. The number of carbonyl (C=O) groups excluding carboxylic acids is 1. The molecule has 3 aromatic carbocycles. The molecule has 4 nitrogen and oxygen atoms in total. The Bertz CT molecular complexity index is 1270. The second kappa shape index (κ2) is 9.19. The van der Waals surface area contributed by atoms with Crippen LogP contribution in [0.1, 0.15) is 40.1 Å². The van der Waals surface area contributed by atoms with Gasteiger partial charge in [-0.1, -0.05) is 77.3 Å². The molecule has 4 aromatic rings. The molecule has 32 heavy (non-hydrogen) atoms. The zero-order valence-corrected chi connectivity index (χ0v) is 19.5. The van der Waals surface area contributed by atoms with Crippen LogP contribution in [0.3, 0.4) is 0 Å². The van der Waals surface area contributed by atoms with Gasteiger partial charge < -0.3 is 4.74 Å². The van der Waals surface area contributed by atoms with Crippen molar-refractivity contribution in [1.29, 1.82) is 0 Å². The molecule has 4 rings (SSSR count). The van der Waals surface area contributed by atoms with Crippen LogP contribution in [0.25, 0.3) is 11.1 Å². The van der Waals surface area contributed by atoms with E-state index in [-0.39, 0.29) is 6.04 Å². The van der Waals surface area contributed by atoms with E-state index in [0.29, 0.717) is 21.5 Å². The first kappa shape index (κ1) is 22.1. The molecule has 0 radical (unpaired) electrons. The maximum atomic E-state index is 13.0. The van der Waals surface area contributed by atoms with Gasteiger partial charge in [0, 0.05) is 0 Å². The van der Waals surface area contributed by atoms with Gasteiger partial charge in [-0.15, -0.1) is 0 Å². The third-order valence-corrected chi connectivity index (χ3v) is 6.11. The van der Waals surface area contributed by atoms with Crippen LogP contribution in [-0.2, 0) is 0 Å². The van der Waals surface area contributed by atoms with E-state index >= 15 is 0 Å². The molecule has 0 aliphatic rings. The topological polar surface area (TPSA) is 44.1 Å². The summed E-state index contributed by atoms with van der Waals surface area (Å²) in [6.07, 6.45) is 0. The van der Waals surface area contributed by atoms with Gasteiger partial charge in [0.25, 0.3) is 0 Å². The van der Waals surface area contributed by atoms with E-state index in [1.54, 1.807) is 28.9 Å². The summed E-state index contributed by atoms with van der Waals surface area (Å²) in [5, 5.41) is 5.68. The van der Waals surface area contributed by atoms with Crippen molar-refractivity contribution in [3.63, 3.8) is 0 Å². The number of esters is 1. The Balaban J connectivity index is 1.82. The fourth-order valence-corrected chi connectivity index (χ4v) is 3.88. The Morgan fingerprint density at radius 2 is 1.62 bits per heavy atom. The molecule has 0 saturated carbocycles.